The summed E-state index contributed by atoms with van der Waals surface area (Å²) in [6, 6.07) is 0. The maximum absolute atomic E-state index is 12.5. The van der Waals surface area contributed by atoms with Gasteiger partial charge in [0.05, 0.1) is 10.8 Å². The highest BCUT2D eigenvalue weighted by Gasteiger charge is 2.70. The van der Waals surface area contributed by atoms with E-state index in [-0.39, 0.29) is 29.2 Å². The third kappa shape index (κ3) is 1.15. The lowest BCUT2D eigenvalue weighted by atomic mass is 9.58. The molecular weight excluding hydrogens is 240 g/mol. The Hall–Kier alpha value is -1.38. The fourth-order valence-electron chi connectivity index (χ4n) is 4.51. The van der Waals surface area contributed by atoms with E-state index in [1.165, 1.54) is 11.1 Å². The van der Waals surface area contributed by atoms with E-state index in [2.05, 4.69) is 6.92 Å². The van der Waals surface area contributed by atoms with Crippen molar-refractivity contribution in [3.05, 3.63) is 23.3 Å². The van der Waals surface area contributed by atoms with Crippen molar-refractivity contribution in [2.24, 2.45) is 16.7 Å². The maximum atomic E-state index is 12.5. The number of esters is 1. The first-order valence-electron chi connectivity index (χ1n) is 7.14. The minimum Gasteiger partial charge on any atom is -0.460 e. The number of allylic oxidation sites excluding steroid dienone is 3. The first-order valence-corrected chi connectivity index (χ1v) is 7.14. The molecule has 0 N–H and O–H groups in total. The predicted octanol–water partition coefficient (Wildman–Crippen LogP) is 2.56. The summed E-state index contributed by atoms with van der Waals surface area (Å²) in [4.78, 5) is 24.6. The fourth-order valence-corrected chi connectivity index (χ4v) is 4.51. The molecule has 0 aromatic carbocycles. The van der Waals surface area contributed by atoms with Gasteiger partial charge < -0.3 is 4.74 Å². The summed E-state index contributed by atoms with van der Waals surface area (Å²) in [7, 11) is 0. The van der Waals surface area contributed by atoms with E-state index < -0.39 is 5.41 Å². The molecule has 3 nitrogen and oxygen atoms in total. The summed E-state index contributed by atoms with van der Waals surface area (Å²) in [6.45, 7) is 4.03. The normalized spacial score (nSPS) is 42.2. The van der Waals surface area contributed by atoms with E-state index >= 15 is 0 Å². The first-order chi connectivity index (χ1) is 9.00. The Bertz CT molecular complexity index is 565. The molecule has 1 spiro atoms. The highest BCUT2D eigenvalue weighted by Crippen LogP contribution is 2.66. The van der Waals surface area contributed by atoms with E-state index in [4.69, 9.17) is 4.74 Å². The van der Waals surface area contributed by atoms with Crippen LogP contribution in [0.25, 0.3) is 0 Å². The molecule has 1 aliphatic heterocycles. The van der Waals surface area contributed by atoms with Crippen LogP contribution in [0, 0.1) is 16.7 Å². The van der Waals surface area contributed by atoms with Gasteiger partial charge in [0, 0.05) is 5.92 Å². The Morgan fingerprint density at radius 3 is 2.68 bits per heavy atom. The molecule has 0 aromatic rings. The summed E-state index contributed by atoms with van der Waals surface area (Å²) >= 11 is 0. The van der Waals surface area contributed by atoms with E-state index in [9.17, 15) is 9.59 Å². The van der Waals surface area contributed by atoms with Crippen LogP contribution in [-0.2, 0) is 14.3 Å². The first kappa shape index (κ1) is 11.4. The third-order valence-corrected chi connectivity index (χ3v) is 5.88. The number of ether oxygens (including phenoxy) is 1. The Kier molecular flexibility index (Phi) is 1.93. The lowest BCUT2D eigenvalue weighted by Crippen LogP contribution is -2.49. The van der Waals surface area contributed by atoms with E-state index in [0.29, 0.717) is 0 Å². The van der Waals surface area contributed by atoms with Crippen LogP contribution in [-0.4, -0.2) is 17.9 Å². The topological polar surface area (TPSA) is 43.4 Å². The van der Waals surface area contributed by atoms with Crippen molar-refractivity contribution in [3.8, 4) is 0 Å². The summed E-state index contributed by atoms with van der Waals surface area (Å²) in [6.07, 6.45) is 7.14. The Morgan fingerprint density at radius 1 is 1.26 bits per heavy atom. The van der Waals surface area contributed by atoms with E-state index in [0.717, 1.165) is 25.7 Å². The molecule has 3 aliphatic carbocycles. The van der Waals surface area contributed by atoms with Gasteiger partial charge in [-0.2, -0.15) is 0 Å². The summed E-state index contributed by atoms with van der Waals surface area (Å²) in [5.74, 6) is 0.301. The van der Waals surface area contributed by atoms with Crippen LogP contribution in [0.5, 0.6) is 0 Å². The number of hydrogen-bond acceptors (Lipinski definition) is 3. The van der Waals surface area contributed by atoms with Gasteiger partial charge in [0.2, 0.25) is 0 Å². The molecule has 1 saturated heterocycles. The van der Waals surface area contributed by atoms with Crippen LogP contribution in [0.3, 0.4) is 0 Å². The summed E-state index contributed by atoms with van der Waals surface area (Å²) in [5, 5.41) is 0. The van der Waals surface area contributed by atoms with Crippen molar-refractivity contribution in [2.45, 2.75) is 45.6 Å². The Morgan fingerprint density at radius 2 is 2.00 bits per heavy atom. The average Bonchev–Trinajstić information content (AvgIpc) is 3.12. The molecule has 3 fully saturated rings. The number of ketones is 1. The SMILES string of the molecule is CC1=C2CC[C@@H]3[C@@H](OC(=O)C34CC4)[C@]2(C)C(=O)C=C1. The molecule has 0 radical (unpaired) electrons. The van der Waals surface area contributed by atoms with Gasteiger partial charge in [-0.25, -0.2) is 0 Å². The molecule has 4 aliphatic rings. The zero-order chi connectivity index (χ0) is 13.4. The van der Waals surface area contributed by atoms with Gasteiger partial charge in [-0.05, 0) is 51.2 Å². The molecule has 2 saturated carbocycles. The molecule has 3 atom stereocenters. The van der Waals surface area contributed by atoms with Crippen LogP contribution in [0.1, 0.15) is 39.5 Å². The number of rotatable bonds is 0. The van der Waals surface area contributed by atoms with Crippen LogP contribution in [0.2, 0.25) is 0 Å². The molecular formula is C16H18O3. The van der Waals surface area contributed by atoms with Crippen molar-refractivity contribution >= 4 is 11.8 Å². The van der Waals surface area contributed by atoms with Gasteiger partial charge in [-0.15, -0.1) is 0 Å². The largest absolute Gasteiger partial charge is 0.460 e. The summed E-state index contributed by atoms with van der Waals surface area (Å²) in [5.41, 5.74) is 1.53. The van der Waals surface area contributed by atoms with Gasteiger partial charge in [0.1, 0.15) is 6.10 Å². The molecule has 0 bridgehead atoms. The van der Waals surface area contributed by atoms with Crippen molar-refractivity contribution in [3.63, 3.8) is 0 Å². The monoisotopic (exact) mass is 258 g/mol. The number of carbonyl (C=O) groups is 2. The van der Waals surface area contributed by atoms with Crippen molar-refractivity contribution < 1.29 is 14.3 Å². The molecule has 1 heterocycles. The molecule has 0 aromatic heterocycles. The van der Waals surface area contributed by atoms with Crippen molar-refractivity contribution in [1.82, 2.24) is 0 Å². The van der Waals surface area contributed by atoms with E-state index in [1.54, 1.807) is 6.08 Å². The number of hydrogen-bond donors (Lipinski definition) is 0. The average molecular weight is 258 g/mol. The minimum absolute atomic E-state index is 0.0509. The van der Waals surface area contributed by atoms with E-state index in [1.807, 2.05) is 13.0 Å². The van der Waals surface area contributed by atoms with Gasteiger partial charge in [-0.1, -0.05) is 11.6 Å². The molecule has 19 heavy (non-hydrogen) atoms. The second-order valence-corrected chi connectivity index (χ2v) is 6.69. The molecule has 4 rings (SSSR count). The highest BCUT2D eigenvalue weighted by atomic mass is 16.6. The Balaban J connectivity index is 1.85. The smallest absolute Gasteiger partial charge is 0.312 e. The van der Waals surface area contributed by atoms with Crippen LogP contribution >= 0.6 is 0 Å². The molecule has 3 heteroatoms. The quantitative estimate of drug-likeness (QED) is 0.627. The van der Waals surface area contributed by atoms with Crippen LogP contribution in [0.15, 0.2) is 23.3 Å². The van der Waals surface area contributed by atoms with Crippen molar-refractivity contribution in [2.75, 3.05) is 0 Å². The zero-order valence-corrected chi connectivity index (χ0v) is 11.4. The maximum Gasteiger partial charge on any atom is 0.312 e. The Labute approximate surface area is 112 Å². The molecule has 100 valence electrons. The zero-order valence-electron chi connectivity index (χ0n) is 11.4. The number of carbonyl (C=O) groups excluding carboxylic acids is 2. The van der Waals surface area contributed by atoms with Gasteiger partial charge in [0.25, 0.3) is 0 Å². The van der Waals surface area contributed by atoms with Gasteiger partial charge in [-0.3, -0.25) is 9.59 Å². The van der Waals surface area contributed by atoms with Gasteiger partial charge >= 0.3 is 5.97 Å². The van der Waals surface area contributed by atoms with Crippen molar-refractivity contribution in [1.29, 1.82) is 0 Å². The van der Waals surface area contributed by atoms with Crippen LogP contribution < -0.4 is 0 Å². The van der Waals surface area contributed by atoms with Crippen LogP contribution in [0.4, 0.5) is 0 Å². The highest BCUT2D eigenvalue weighted by molar-refractivity contribution is 6.00. The molecule has 0 amide bonds. The molecule has 0 unspecified atom stereocenters. The fraction of sp³-hybridized carbons (Fsp3) is 0.625. The van der Waals surface area contributed by atoms with Gasteiger partial charge in [0.15, 0.2) is 5.78 Å². The lowest BCUT2D eigenvalue weighted by molar-refractivity contribution is -0.150. The predicted molar refractivity (Wildman–Crippen MR) is 69.2 cm³/mol. The second-order valence-electron chi connectivity index (χ2n) is 6.69. The summed E-state index contributed by atoms with van der Waals surface area (Å²) < 4.78 is 5.71. The number of fused-ring (bicyclic) bond motifs is 4. The second kappa shape index (κ2) is 3.20. The minimum atomic E-state index is -0.608. The lowest BCUT2D eigenvalue weighted by Gasteiger charge is -2.44. The third-order valence-electron chi connectivity index (χ3n) is 5.88. The standard InChI is InChI=1S/C16H18O3/c1-9-3-6-12(17)15(2)10(9)4-5-11-13(15)19-14(18)16(11)7-8-16/h3,6,11,13H,4-5,7-8H2,1-2H3/t11-,13-,15+/m1/s1.